The third-order valence-corrected chi connectivity index (χ3v) is 6.24. The van der Waals surface area contributed by atoms with Crippen molar-refractivity contribution in [2.75, 3.05) is 4.72 Å². The largest absolute Gasteiger partial charge is 0.284 e. The van der Waals surface area contributed by atoms with E-state index in [1.54, 1.807) is 0 Å². The number of aromatic nitrogens is 2. The lowest BCUT2D eigenvalue weighted by Gasteiger charge is -2.04. The minimum atomic E-state index is -4.32. The Morgan fingerprint density at radius 1 is 1.33 bits per heavy atom. The summed E-state index contributed by atoms with van der Waals surface area (Å²) in [7, 11) is -8.33. The smallest absolute Gasteiger partial charge is 0.253 e. The fourth-order valence-corrected chi connectivity index (χ4v) is 4.53. The lowest BCUT2D eigenvalue weighted by atomic mass is 10.5. The van der Waals surface area contributed by atoms with Gasteiger partial charge in [-0.3, -0.25) is 4.72 Å². The molecule has 3 N–H and O–H groups in total. The molecule has 0 aliphatic carbocycles. The minimum Gasteiger partial charge on any atom is -0.253 e. The number of anilines is 1. The third-order valence-electron chi connectivity index (χ3n) is 2.21. The van der Waals surface area contributed by atoms with Gasteiger partial charge in [0.2, 0.25) is 15.0 Å². The van der Waals surface area contributed by atoms with Crippen molar-refractivity contribution in [2.24, 2.45) is 5.14 Å². The van der Waals surface area contributed by atoms with Gasteiger partial charge >= 0.3 is 0 Å². The molecule has 0 atom stereocenters. The fourth-order valence-electron chi connectivity index (χ4n) is 1.42. The van der Waals surface area contributed by atoms with E-state index in [0.29, 0.717) is 11.3 Å². The van der Waals surface area contributed by atoms with Crippen LogP contribution in [0.2, 0.25) is 0 Å². The average molecular weight is 352 g/mol. The Bertz CT molecular complexity index is 891. The Kier molecular flexibility index (Phi) is 3.97. The van der Waals surface area contributed by atoms with Crippen LogP contribution in [-0.4, -0.2) is 26.8 Å². The van der Waals surface area contributed by atoms with E-state index >= 15 is 0 Å². The van der Waals surface area contributed by atoms with Crippen molar-refractivity contribution in [3.8, 4) is 0 Å². The number of sulfonamides is 2. The maximum atomic E-state index is 13.4. The summed E-state index contributed by atoms with van der Waals surface area (Å²) in [6.07, 6.45) is 1.11. The quantitative estimate of drug-likeness (QED) is 0.820. The van der Waals surface area contributed by atoms with Crippen molar-refractivity contribution in [2.45, 2.75) is 16.2 Å². The molecule has 0 aliphatic rings. The van der Waals surface area contributed by atoms with Gasteiger partial charge in [-0.15, -0.1) is 0 Å². The zero-order valence-electron chi connectivity index (χ0n) is 10.4. The molecule has 0 unspecified atom stereocenters. The first-order valence-corrected chi connectivity index (χ1v) is 9.09. The summed E-state index contributed by atoms with van der Waals surface area (Å²) < 4.78 is 61.6. The number of nitrogens with zero attached hydrogens (tertiary/aromatic N) is 2. The second-order valence-corrected chi connectivity index (χ2v) is 8.19. The van der Waals surface area contributed by atoms with Gasteiger partial charge in [0.25, 0.3) is 10.0 Å². The van der Waals surface area contributed by atoms with E-state index < -0.39 is 30.9 Å². The number of hydrogen-bond donors (Lipinski definition) is 2. The molecule has 0 amide bonds. The van der Waals surface area contributed by atoms with Crippen molar-refractivity contribution in [1.82, 2.24) is 9.97 Å². The number of aryl methyl sites for hydroxylation is 1. The monoisotopic (exact) mass is 352 g/mol. The molecule has 2 heterocycles. The number of thiazole rings is 1. The number of nitrogens with two attached hydrogens (primary N) is 1. The van der Waals surface area contributed by atoms with Crippen molar-refractivity contribution in [3.05, 3.63) is 29.8 Å². The highest BCUT2D eigenvalue weighted by molar-refractivity contribution is 7.93. The van der Waals surface area contributed by atoms with E-state index in [0.717, 1.165) is 12.3 Å². The number of pyridine rings is 1. The van der Waals surface area contributed by atoms with E-state index in [2.05, 4.69) is 9.97 Å². The van der Waals surface area contributed by atoms with Crippen molar-refractivity contribution in [3.63, 3.8) is 0 Å². The molecule has 0 radical (unpaired) electrons. The first kappa shape index (κ1) is 15.8. The third kappa shape index (κ3) is 3.34. The van der Waals surface area contributed by atoms with Crippen molar-refractivity contribution in [1.29, 1.82) is 0 Å². The van der Waals surface area contributed by atoms with Crippen LogP contribution in [0.4, 0.5) is 9.52 Å². The predicted molar refractivity (Wildman–Crippen MR) is 73.2 cm³/mol. The van der Waals surface area contributed by atoms with Gasteiger partial charge in [-0.25, -0.2) is 27.9 Å². The summed E-state index contributed by atoms with van der Waals surface area (Å²) in [6, 6.07) is 2.17. The van der Waals surface area contributed by atoms with Gasteiger partial charge < -0.3 is 0 Å². The molecule has 0 saturated carbocycles. The van der Waals surface area contributed by atoms with Gasteiger partial charge in [0.1, 0.15) is 0 Å². The maximum absolute atomic E-state index is 13.4. The molecule has 2 aromatic heterocycles. The number of rotatable bonds is 4. The molecule has 0 aromatic carbocycles. The molecule has 0 spiro atoms. The molecule has 114 valence electrons. The van der Waals surface area contributed by atoms with Gasteiger partial charge in [-0.05, 0) is 19.1 Å². The maximum Gasteiger partial charge on any atom is 0.284 e. The molecule has 8 nitrogen and oxygen atoms in total. The van der Waals surface area contributed by atoms with Crippen LogP contribution >= 0.6 is 11.3 Å². The first-order valence-electron chi connectivity index (χ1n) is 5.25. The summed E-state index contributed by atoms with van der Waals surface area (Å²) in [4.78, 5) is 7.17. The average Bonchev–Trinajstić information content (AvgIpc) is 2.69. The van der Waals surface area contributed by atoms with Gasteiger partial charge in [0.15, 0.2) is 15.2 Å². The van der Waals surface area contributed by atoms with Crippen LogP contribution < -0.4 is 9.86 Å². The zero-order valence-corrected chi connectivity index (χ0v) is 12.9. The SMILES string of the molecule is Cc1nc(NS(=O)(=O)c2ncccc2F)sc1S(N)(=O)=O. The molecular formula is C9H9FN4O4S3. The fraction of sp³-hybridized carbons (Fsp3) is 0.111. The number of nitrogens with one attached hydrogen (secondary N) is 1. The molecule has 2 aromatic rings. The second kappa shape index (κ2) is 5.29. The summed E-state index contributed by atoms with van der Waals surface area (Å²) in [5.74, 6) is -1.04. The van der Waals surface area contributed by atoms with E-state index in [-0.39, 0.29) is 15.0 Å². The zero-order chi connectivity index (χ0) is 15.8. The van der Waals surface area contributed by atoms with Crippen molar-refractivity contribution < 1.29 is 21.2 Å². The first-order chi connectivity index (χ1) is 9.61. The molecule has 12 heteroatoms. The van der Waals surface area contributed by atoms with Crippen LogP contribution in [0.15, 0.2) is 27.6 Å². The molecular weight excluding hydrogens is 343 g/mol. The van der Waals surface area contributed by atoms with Gasteiger partial charge in [0.05, 0.1) is 5.69 Å². The Morgan fingerprint density at radius 2 is 2.00 bits per heavy atom. The van der Waals surface area contributed by atoms with E-state index in [1.807, 2.05) is 4.72 Å². The standard InChI is InChI=1S/C9H9FN4O4S3/c1-5-8(20(11,15)16)19-9(13-5)14-21(17,18)7-6(10)3-2-4-12-7/h2-4H,1H3,(H,13,14)(H2,11,15,16). The molecule has 21 heavy (non-hydrogen) atoms. The van der Waals surface area contributed by atoms with Crippen LogP contribution in [0.3, 0.4) is 0 Å². The topological polar surface area (TPSA) is 132 Å². The molecule has 0 fully saturated rings. The minimum absolute atomic E-state index is 0.0432. The van der Waals surface area contributed by atoms with E-state index in [1.165, 1.54) is 13.0 Å². The Hall–Kier alpha value is -1.63. The van der Waals surface area contributed by atoms with E-state index in [4.69, 9.17) is 5.14 Å². The Balaban J connectivity index is 2.41. The van der Waals surface area contributed by atoms with E-state index in [9.17, 15) is 21.2 Å². The molecule has 0 bridgehead atoms. The number of hydrogen-bond acceptors (Lipinski definition) is 7. The number of halogens is 1. The highest BCUT2D eigenvalue weighted by atomic mass is 32.2. The van der Waals surface area contributed by atoms with Crippen LogP contribution in [0.25, 0.3) is 0 Å². The highest BCUT2D eigenvalue weighted by Gasteiger charge is 2.24. The molecule has 0 aliphatic heterocycles. The summed E-state index contributed by atoms with van der Waals surface area (Å²) >= 11 is 0.529. The number of primary sulfonamides is 1. The normalized spacial score (nSPS) is 12.3. The summed E-state index contributed by atoms with van der Waals surface area (Å²) in [5, 5.41) is 3.90. The van der Waals surface area contributed by atoms with Gasteiger partial charge in [0, 0.05) is 6.20 Å². The lowest BCUT2D eigenvalue weighted by molar-refractivity contribution is 0.556. The van der Waals surface area contributed by atoms with Gasteiger partial charge in [-0.1, -0.05) is 11.3 Å². The van der Waals surface area contributed by atoms with Crippen LogP contribution in [0.5, 0.6) is 0 Å². The predicted octanol–water partition coefficient (Wildman–Crippen LogP) is 0.434. The van der Waals surface area contributed by atoms with Crippen LogP contribution in [0.1, 0.15) is 5.69 Å². The summed E-state index contributed by atoms with van der Waals surface area (Å²) in [5.41, 5.74) is 0.0432. The Morgan fingerprint density at radius 3 is 2.52 bits per heavy atom. The second-order valence-electron chi connectivity index (χ2n) is 3.83. The Labute approximate surface area is 124 Å². The lowest BCUT2D eigenvalue weighted by Crippen LogP contribution is -2.16. The molecule has 2 rings (SSSR count). The summed E-state index contributed by atoms with van der Waals surface area (Å²) in [6.45, 7) is 1.36. The van der Waals surface area contributed by atoms with Crippen LogP contribution in [0, 0.1) is 12.7 Å². The van der Waals surface area contributed by atoms with Crippen LogP contribution in [-0.2, 0) is 20.0 Å². The van der Waals surface area contributed by atoms with Crippen molar-refractivity contribution >= 4 is 36.5 Å². The van der Waals surface area contributed by atoms with Gasteiger partial charge in [-0.2, -0.15) is 8.42 Å². The molecule has 0 saturated heterocycles. The highest BCUT2D eigenvalue weighted by Crippen LogP contribution is 2.27.